The van der Waals surface area contributed by atoms with E-state index in [9.17, 15) is 13.2 Å². The normalized spacial score (nSPS) is 17.8. The molecule has 4 N–H and O–H groups in total. The van der Waals surface area contributed by atoms with E-state index in [1.54, 1.807) is 6.92 Å². The van der Waals surface area contributed by atoms with Gasteiger partial charge in [-0.05, 0) is 32.6 Å². The van der Waals surface area contributed by atoms with Crippen molar-refractivity contribution in [1.29, 1.82) is 0 Å². The number of hydrogen-bond donors (Lipinski definition) is 3. The molecule has 1 heterocycles. The average molecular weight is 286 g/mol. The molecule has 2 rings (SSSR count). The third-order valence-corrected chi connectivity index (χ3v) is 4.53. The number of aromatic nitrogens is 2. The van der Waals surface area contributed by atoms with Gasteiger partial charge in [-0.1, -0.05) is 6.92 Å². The summed E-state index contributed by atoms with van der Waals surface area (Å²) in [6.07, 6.45) is 3.23. The number of rotatable bonds is 4. The highest BCUT2D eigenvalue weighted by atomic mass is 32.2. The molecule has 0 unspecified atom stereocenters. The Labute approximate surface area is 112 Å². The van der Waals surface area contributed by atoms with Crippen molar-refractivity contribution in [2.24, 2.45) is 5.14 Å². The van der Waals surface area contributed by atoms with Gasteiger partial charge in [-0.3, -0.25) is 9.89 Å². The SMILES string of the molecule is CCc1[nH]nc(C(=O)NC2(C)CCC2)c1S(N)(=O)=O. The average Bonchev–Trinajstić information content (AvgIpc) is 2.70. The molecule has 1 aliphatic carbocycles. The summed E-state index contributed by atoms with van der Waals surface area (Å²) in [7, 11) is -3.98. The second-order valence-corrected chi connectivity index (χ2v) is 6.65. The second kappa shape index (κ2) is 4.61. The Morgan fingerprint density at radius 1 is 1.53 bits per heavy atom. The number of H-pyrrole nitrogens is 1. The Balaban J connectivity index is 2.34. The van der Waals surface area contributed by atoms with Gasteiger partial charge in [0.15, 0.2) is 5.69 Å². The first-order chi connectivity index (χ1) is 8.77. The maximum absolute atomic E-state index is 12.1. The smallest absolute Gasteiger partial charge is 0.273 e. The van der Waals surface area contributed by atoms with Gasteiger partial charge in [0.25, 0.3) is 5.91 Å². The largest absolute Gasteiger partial charge is 0.345 e. The lowest BCUT2D eigenvalue weighted by Gasteiger charge is -2.38. The molecule has 1 fully saturated rings. The van der Waals surface area contributed by atoms with Crippen LogP contribution in [0.3, 0.4) is 0 Å². The number of hydrogen-bond acceptors (Lipinski definition) is 4. The van der Waals surface area contributed by atoms with Crippen molar-refractivity contribution in [2.45, 2.75) is 50.0 Å². The van der Waals surface area contributed by atoms with E-state index in [2.05, 4.69) is 15.5 Å². The first-order valence-electron chi connectivity index (χ1n) is 6.19. The van der Waals surface area contributed by atoms with Crippen LogP contribution in [-0.4, -0.2) is 30.1 Å². The van der Waals surface area contributed by atoms with Crippen molar-refractivity contribution in [2.75, 3.05) is 0 Å². The molecular weight excluding hydrogens is 268 g/mol. The van der Waals surface area contributed by atoms with Gasteiger partial charge in [0, 0.05) is 5.54 Å². The molecule has 0 bridgehead atoms. The van der Waals surface area contributed by atoms with Gasteiger partial charge in [-0.2, -0.15) is 5.10 Å². The van der Waals surface area contributed by atoms with Gasteiger partial charge in [0.2, 0.25) is 10.0 Å². The van der Waals surface area contributed by atoms with Crippen LogP contribution in [0.1, 0.15) is 49.3 Å². The molecule has 8 heteroatoms. The number of nitrogens with two attached hydrogens (primary N) is 1. The summed E-state index contributed by atoms with van der Waals surface area (Å²) >= 11 is 0. The fourth-order valence-electron chi connectivity index (χ4n) is 2.23. The highest BCUT2D eigenvalue weighted by molar-refractivity contribution is 7.89. The van der Waals surface area contributed by atoms with Crippen molar-refractivity contribution < 1.29 is 13.2 Å². The number of nitrogens with one attached hydrogen (secondary N) is 2. The number of amides is 1. The van der Waals surface area contributed by atoms with Gasteiger partial charge in [-0.15, -0.1) is 0 Å². The number of aryl methyl sites for hydroxylation is 1. The van der Waals surface area contributed by atoms with Crippen LogP contribution in [0.4, 0.5) is 0 Å². The number of carbonyl (C=O) groups is 1. The van der Waals surface area contributed by atoms with Crippen LogP contribution in [0.25, 0.3) is 0 Å². The molecule has 0 atom stereocenters. The molecule has 106 valence electrons. The van der Waals surface area contributed by atoms with Crippen molar-refractivity contribution in [3.63, 3.8) is 0 Å². The Hall–Kier alpha value is -1.41. The van der Waals surface area contributed by atoms with Crippen LogP contribution in [0.2, 0.25) is 0 Å². The summed E-state index contributed by atoms with van der Waals surface area (Å²) < 4.78 is 23.2. The van der Waals surface area contributed by atoms with Gasteiger partial charge >= 0.3 is 0 Å². The van der Waals surface area contributed by atoms with Crippen molar-refractivity contribution in [3.05, 3.63) is 11.4 Å². The predicted molar refractivity (Wildman–Crippen MR) is 69.1 cm³/mol. The Morgan fingerprint density at radius 2 is 2.16 bits per heavy atom. The van der Waals surface area contributed by atoms with E-state index < -0.39 is 15.9 Å². The van der Waals surface area contributed by atoms with Crippen molar-refractivity contribution in [3.8, 4) is 0 Å². The van der Waals surface area contributed by atoms with Crippen LogP contribution < -0.4 is 10.5 Å². The van der Waals surface area contributed by atoms with Crippen LogP contribution in [0.15, 0.2) is 4.90 Å². The predicted octanol–water partition coefficient (Wildman–Crippen LogP) is 0.292. The second-order valence-electron chi connectivity index (χ2n) is 5.15. The molecular formula is C11H18N4O3S. The zero-order chi connectivity index (χ0) is 14.3. The molecule has 0 radical (unpaired) electrons. The Bertz CT molecular complexity index is 601. The highest BCUT2D eigenvalue weighted by Gasteiger charge is 2.36. The first kappa shape index (κ1) is 14.0. The zero-order valence-electron chi connectivity index (χ0n) is 11.0. The third-order valence-electron chi connectivity index (χ3n) is 3.52. The molecule has 7 nitrogen and oxygen atoms in total. The molecule has 1 amide bonds. The summed E-state index contributed by atoms with van der Waals surface area (Å²) in [5, 5.41) is 14.3. The Morgan fingerprint density at radius 3 is 2.58 bits per heavy atom. The molecule has 1 aromatic heterocycles. The number of aromatic amines is 1. The molecule has 1 saturated carbocycles. The lowest BCUT2D eigenvalue weighted by Crippen LogP contribution is -2.51. The minimum atomic E-state index is -3.98. The fourth-order valence-corrected chi connectivity index (χ4v) is 3.17. The minimum absolute atomic E-state index is 0.146. The van der Waals surface area contributed by atoms with E-state index >= 15 is 0 Å². The maximum atomic E-state index is 12.1. The fraction of sp³-hybridized carbons (Fsp3) is 0.636. The summed E-state index contributed by atoms with van der Waals surface area (Å²) in [5.41, 5.74) is -0.0585. The van der Waals surface area contributed by atoms with Crippen molar-refractivity contribution in [1.82, 2.24) is 15.5 Å². The standard InChI is InChI=1S/C11H18N4O3S/c1-3-7-9(19(12,17)18)8(15-14-7)10(16)13-11(2)5-4-6-11/h3-6H2,1-2H3,(H,13,16)(H,14,15)(H2,12,17,18). The van der Waals surface area contributed by atoms with Crippen LogP contribution >= 0.6 is 0 Å². The van der Waals surface area contributed by atoms with E-state index in [-0.39, 0.29) is 16.1 Å². The van der Waals surface area contributed by atoms with Crippen LogP contribution in [-0.2, 0) is 16.4 Å². The monoisotopic (exact) mass is 286 g/mol. The van der Waals surface area contributed by atoms with Crippen LogP contribution in [0.5, 0.6) is 0 Å². The summed E-state index contributed by atoms with van der Waals surface area (Å²) in [5.74, 6) is -0.498. The highest BCUT2D eigenvalue weighted by Crippen LogP contribution is 2.31. The molecule has 0 aliphatic heterocycles. The molecule has 0 spiro atoms. The molecule has 0 saturated heterocycles. The quantitative estimate of drug-likeness (QED) is 0.737. The number of primary sulfonamides is 1. The van der Waals surface area contributed by atoms with Gasteiger partial charge < -0.3 is 5.32 Å². The lowest BCUT2D eigenvalue weighted by atomic mass is 9.78. The van der Waals surface area contributed by atoms with Gasteiger partial charge in [0.1, 0.15) is 4.90 Å². The molecule has 1 aromatic rings. The Kier molecular flexibility index (Phi) is 3.40. The van der Waals surface area contributed by atoms with Gasteiger partial charge in [-0.25, -0.2) is 13.6 Å². The number of carbonyl (C=O) groups excluding carboxylic acids is 1. The third kappa shape index (κ3) is 2.64. The first-order valence-corrected chi connectivity index (χ1v) is 7.74. The molecule has 0 aromatic carbocycles. The van der Waals surface area contributed by atoms with Gasteiger partial charge in [0.05, 0.1) is 5.69 Å². The van der Waals surface area contributed by atoms with E-state index in [1.807, 2.05) is 6.92 Å². The lowest BCUT2D eigenvalue weighted by molar-refractivity contribution is 0.0841. The number of nitrogens with zero attached hydrogens (tertiary/aromatic N) is 1. The molecule has 1 aliphatic rings. The zero-order valence-corrected chi connectivity index (χ0v) is 11.8. The minimum Gasteiger partial charge on any atom is -0.345 e. The van der Waals surface area contributed by atoms with E-state index in [1.165, 1.54) is 0 Å². The summed E-state index contributed by atoms with van der Waals surface area (Å²) in [4.78, 5) is 11.9. The summed E-state index contributed by atoms with van der Waals surface area (Å²) in [6, 6.07) is 0. The maximum Gasteiger partial charge on any atom is 0.273 e. The van der Waals surface area contributed by atoms with E-state index in [4.69, 9.17) is 5.14 Å². The summed E-state index contributed by atoms with van der Waals surface area (Å²) in [6.45, 7) is 3.69. The molecule has 19 heavy (non-hydrogen) atoms. The number of sulfonamides is 1. The van der Waals surface area contributed by atoms with E-state index in [0.29, 0.717) is 12.1 Å². The van der Waals surface area contributed by atoms with Crippen molar-refractivity contribution >= 4 is 15.9 Å². The van der Waals surface area contributed by atoms with E-state index in [0.717, 1.165) is 19.3 Å². The topological polar surface area (TPSA) is 118 Å². The van der Waals surface area contributed by atoms with Crippen LogP contribution in [0, 0.1) is 0 Å².